The summed E-state index contributed by atoms with van der Waals surface area (Å²) in [7, 11) is 1.61. The van der Waals surface area contributed by atoms with Crippen molar-refractivity contribution in [2.75, 3.05) is 19.5 Å². The minimum atomic E-state index is -0.375. The van der Waals surface area contributed by atoms with Crippen molar-refractivity contribution in [2.24, 2.45) is 0 Å². The average molecular weight is 274 g/mol. The zero-order valence-corrected chi connectivity index (χ0v) is 11.7. The molecule has 0 aliphatic carbocycles. The van der Waals surface area contributed by atoms with E-state index in [0.29, 0.717) is 18.0 Å². The second kappa shape index (κ2) is 7.18. The van der Waals surface area contributed by atoms with Crippen LogP contribution < -0.4 is 11.1 Å². The van der Waals surface area contributed by atoms with E-state index in [1.54, 1.807) is 25.4 Å². The molecule has 1 aromatic heterocycles. The Morgan fingerprint density at radius 3 is 2.67 bits per heavy atom. The molecule has 1 rings (SSSR count). The highest BCUT2D eigenvalue weighted by Crippen LogP contribution is 2.05. The van der Waals surface area contributed by atoms with Gasteiger partial charge < -0.3 is 15.8 Å². The number of hydrogen-bond acceptors (Lipinski definition) is 4. The topological polar surface area (TPSA) is 77.2 Å². The molecule has 102 valence electrons. The Hall–Kier alpha value is -1.33. The highest BCUT2D eigenvalue weighted by molar-refractivity contribution is 5.85. The Labute approximate surface area is 114 Å². The normalized spacial score (nSPS) is 10.6. The van der Waals surface area contributed by atoms with Gasteiger partial charge in [-0.1, -0.05) is 0 Å². The predicted octanol–water partition coefficient (Wildman–Crippen LogP) is 1.17. The first-order chi connectivity index (χ1) is 7.93. The van der Waals surface area contributed by atoms with Crippen LogP contribution in [0, 0.1) is 0 Å². The van der Waals surface area contributed by atoms with Crippen molar-refractivity contribution < 1.29 is 9.53 Å². The van der Waals surface area contributed by atoms with Crippen LogP contribution in [0.5, 0.6) is 0 Å². The molecule has 0 fully saturated rings. The SMILES string of the molecule is COCC(C)(C)NC(=O)Cc1ccc(N)cn1.Cl. The maximum atomic E-state index is 11.7. The molecule has 1 amide bonds. The number of nitrogens with one attached hydrogen (secondary N) is 1. The van der Waals surface area contributed by atoms with Gasteiger partial charge in [-0.2, -0.15) is 0 Å². The van der Waals surface area contributed by atoms with E-state index in [1.807, 2.05) is 13.8 Å². The number of halogens is 1. The van der Waals surface area contributed by atoms with E-state index >= 15 is 0 Å². The summed E-state index contributed by atoms with van der Waals surface area (Å²) in [6.45, 7) is 4.28. The second-order valence-electron chi connectivity index (χ2n) is 4.62. The summed E-state index contributed by atoms with van der Waals surface area (Å²) in [4.78, 5) is 15.8. The van der Waals surface area contributed by atoms with Gasteiger partial charge in [0.2, 0.25) is 5.91 Å². The molecule has 0 aromatic carbocycles. The minimum absolute atomic E-state index is 0. The number of rotatable bonds is 5. The molecule has 6 heteroatoms. The van der Waals surface area contributed by atoms with E-state index in [-0.39, 0.29) is 30.3 Å². The van der Waals surface area contributed by atoms with Crippen LogP contribution in [0.3, 0.4) is 0 Å². The third kappa shape index (κ3) is 5.84. The lowest BCUT2D eigenvalue weighted by molar-refractivity contribution is -0.122. The number of methoxy groups -OCH3 is 1. The Morgan fingerprint density at radius 2 is 2.17 bits per heavy atom. The molecule has 0 saturated carbocycles. The fraction of sp³-hybridized carbons (Fsp3) is 0.500. The van der Waals surface area contributed by atoms with Gasteiger partial charge in [-0.15, -0.1) is 12.4 Å². The first-order valence-corrected chi connectivity index (χ1v) is 5.43. The van der Waals surface area contributed by atoms with Crippen LogP contribution in [0.15, 0.2) is 18.3 Å². The van der Waals surface area contributed by atoms with Crippen LogP contribution in [0.1, 0.15) is 19.5 Å². The third-order valence-electron chi connectivity index (χ3n) is 2.17. The molecule has 0 aliphatic rings. The third-order valence-corrected chi connectivity index (χ3v) is 2.17. The molecular formula is C12H20ClN3O2. The monoisotopic (exact) mass is 273 g/mol. The quantitative estimate of drug-likeness (QED) is 0.844. The molecule has 1 aromatic rings. The van der Waals surface area contributed by atoms with Crippen molar-refractivity contribution in [3.05, 3.63) is 24.0 Å². The Morgan fingerprint density at radius 1 is 1.50 bits per heavy atom. The van der Waals surface area contributed by atoms with E-state index < -0.39 is 0 Å². The molecule has 1 heterocycles. The molecule has 0 unspecified atom stereocenters. The highest BCUT2D eigenvalue weighted by atomic mass is 35.5. The molecular weight excluding hydrogens is 254 g/mol. The van der Waals surface area contributed by atoms with Crippen molar-refractivity contribution in [2.45, 2.75) is 25.8 Å². The summed E-state index contributed by atoms with van der Waals surface area (Å²) < 4.78 is 5.03. The van der Waals surface area contributed by atoms with Crippen LogP contribution in [0.2, 0.25) is 0 Å². The van der Waals surface area contributed by atoms with Gasteiger partial charge in [-0.3, -0.25) is 9.78 Å². The number of carbonyl (C=O) groups is 1. The van der Waals surface area contributed by atoms with E-state index in [9.17, 15) is 4.79 Å². The molecule has 3 N–H and O–H groups in total. The molecule has 0 spiro atoms. The Balaban J connectivity index is 0.00000289. The van der Waals surface area contributed by atoms with Crippen molar-refractivity contribution in [1.82, 2.24) is 10.3 Å². The van der Waals surface area contributed by atoms with Gasteiger partial charge in [-0.25, -0.2) is 0 Å². The van der Waals surface area contributed by atoms with Gasteiger partial charge in [0.25, 0.3) is 0 Å². The van der Waals surface area contributed by atoms with Crippen molar-refractivity contribution in [3.8, 4) is 0 Å². The molecule has 0 atom stereocenters. The lowest BCUT2D eigenvalue weighted by Crippen LogP contribution is -2.47. The van der Waals surface area contributed by atoms with Crippen molar-refractivity contribution >= 4 is 24.0 Å². The highest BCUT2D eigenvalue weighted by Gasteiger charge is 2.20. The lowest BCUT2D eigenvalue weighted by atomic mass is 10.1. The number of nitrogens with two attached hydrogens (primary N) is 1. The molecule has 0 radical (unpaired) electrons. The molecule has 0 saturated heterocycles. The maximum Gasteiger partial charge on any atom is 0.226 e. The number of pyridine rings is 1. The summed E-state index contributed by atoms with van der Waals surface area (Å²) in [6.07, 6.45) is 1.79. The summed E-state index contributed by atoms with van der Waals surface area (Å²) >= 11 is 0. The molecule has 5 nitrogen and oxygen atoms in total. The fourth-order valence-corrected chi connectivity index (χ4v) is 1.52. The van der Waals surface area contributed by atoms with Gasteiger partial charge >= 0.3 is 0 Å². The average Bonchev–Trinajstić information content (AvgIpc) is 2.20. The van der Waals surface area contributed by atoms with E-state index in [1.165, 1.54) is 0 Å². The lowest BCUT2D eigenvalue weighted by Gasteiger charge is -2.25. The van der Waals surface area contributed by atoms with Crippen LogP contribution in [0.4, 0.5) is 5.69 Å². The fourth-order valence-electron chi connectivity index (χ4n) is 1.52. The number of aromatic nitrogens is 1. The maximum absolute atomic E-state index is 11.7. The van der Waals surface area contributed by atoms with Gasteiger partial charge in [-0.05, 0) is 26.0 Å². The first-order valence-electron chi connectivity index (χ1n) is 5.43. The van der Waals surface area contributed by atoms with Gasteiger partial charge in [0, 0.05) is 12.8 Å². The zero-order valence-electron chi connectivity index (χ0n) is 10.9. The predicted molar refractivity (Wildman–Crippen MR) is 73.7 cm³/mol. The number of nitrogens with zero attached hydrogens (tertiary/aromatic N) is 1. The van der Waals surface area contributed by atoms with Crippen molar-refractivity contribution in [3.63, 3.8) is 0 Å². The number of amides is 1. The molecule has 18 heavy (non-hydrogen) atoms. The standard InChI is InChI=1S/C12H19N3O2.ClH/c1-12(2,8-17-3)15-11(16)6-10-5-4-9(13)7-14-10;/h4-5,7H,6,8,13H2,1-3H3,(H,15,16);1H. The summed E-state index contributed by atoms with van der Waals surface area (Å²) in [5.41, 5.74) is 6.43. The summed E-state index contributed by atoms with van der Waals surface area (Å²) in [6, 6.07) is 3.48. The van der Waals surface area contributed by atoms with Crippen LogP contribution in [-0.2, 0) is 16.0 Å². The van der Waals surface area contributed by atoms with Crippen molar-refractivity contribution in [1.29, 1.82) is 0 Å². The Kier molecular flexibility index (Phi) is 6.65. The second-order valence-corrected chi connectivity index (χ2v) is 4.62. The molecule has 0 aliphatic heterocycles. The van der Waals surface area contributed by atoms with Crippen LogP contribution in [0.25, 0.3) is 0 Å². The Bertz CT molecular complexity index is 379. The number of anilines is 1. The van der Waals surface area contributed by atoms with E-state index in [0.717, 1.165) is 0 Å². The van der Waals surface area contributed by atoms with Gasteiger partial charge in [0.1, 0.15) is 0 Å². The largest absolute Gasteiger partial charge is 0.397 e. The van der Waals surface area contributed by atoms with Crippen LogP contribution >= 0.6 is 12.4 Å². The zero-order chi connectivity index (χ0) is 12.9. The van der Waals surface area contributed by atoms with E-state index in [4.69, 9.17) is 10.5 Å². The van der Waals surface area contributed by atoms with Crippen LogP contribution in [-0.4, -0.2) is 30.1 Å². The summed E-state index contributed by atoms with van der Waals surface area (Å²) in [5, 5.41) is 2.89. The first kappa shape index (κ1) is 16.7. The van der Waals surface area contributed by atoms with Gasteiger partial charge in [0.05, 0.1) is 30.5 Å². The number of nitrogen functional groups attached to an aromatic ring is 1. The smallest absolute Gasteiger partial charge is 0.226 e. The minimum Gasteiger partial charge on any atom is -0.397 e. The number of carbonyl (C=O) groups excluding carboxylic acids is 1. The summed E-state index contributed by atoms with van der Waals surface area (Å²) in [5.74, 6) is -0.0793. The van der Waals surface area contributed by atoms with E-state index in [2.05, 4.69) is 10.3 Å². The number of hydrogen-bond donors (Lipinski definition) is 2. The number of ether oxygens (including phenoxy) is 1. The molecule has 0 bridgehead atoms. The van der Waals surface area contributed by atoms with Gasteiger partial charge in [0.15, 0.2) is 0 Å².